The summed E-state index contributed by atoms with van der Waals surface area (Å²) in [6, 6.07) is 17.4. The number of nitrogens with zero attached hydrogens (tertiary/aromatic N) is 1. The highest BCUT2D eigenvalue weighted by Crippen LogP contribution is 2.22. The molecule has 0 heterocycles. The first kappa shape index (κ1) is 25.3. The molecule has 4 nitrogen and oxygen atoms in total. The molecule has 0 saturated heterocycles. The third kappa shape index (κ3) is 8.96. The minimum atomic E-state index is -0.424. The van der Waals surface area contributed by atoms with Crippen LogP contribution in [0, 0.1) is 0 Å². The zero-order valence-corrected chi connectivity index (χ0v) is 20.1. The summed E-state index contributed by atoms with van der Waals surface area (Å²) in [5.41, 5.74) is 1.17. The van der Waals surface area contributed by atoms with E-state index in [2.05, 4.69) is 17.4 Å². The van der Waals surface area contributed by atoms with Crippen molar-refractivity contribution in [2.24, 2.45) is 0 Å². The average Bonchev–Trinajstić information content (AvgIpc) is 2.79. The zero-order chi connectivity index (χ0) is 22.5. The number of amides is 2. The Bertz CT molecular complexity index is 799. The quantitative estimate of drug-likeness (QED) is 0.313. The second-order valence-corrected chi connectivity index (χ2v) is 9.05. The van der Waals surface area contributed by atoms with Crippen LogP contribution in [0.1, 0.15) is 45.1 Å². The van der Waals surface area contributed by atoms with E-state index in [1.807, 2.05) is 56.3 Å². The first-order chi connectivity index (χ1) is 15.0. The van der Waals surface area contributed by atoms with Crippen molar-refractivity contribution in [3.63, 3.8) is 0 Å². The van der Waals surface area contributed by atoms with Gasteiger partial charge in [0.25, 0.3) is 0 Å². The van der Waals surface area contributed by atoms with Crippen LogP contribution in [0.25, 0.3) is 0 Å². The van der Waals surface area contributed by atoms with E-state index in [0.29, 0.717) is 25.9 Å². The van der Waals surface area contributed by atoms with Gasteiger partial charge in [0.2, 0.25) is 11.8 Å². The van der Waals surface area contributed by atoms with E-state index in [4.69, 9.17) is 11.6 Å². The van der Waals surface area contributed by atoms with Gasteiger partial charge in [-0.3, -0.25) is 9.59 Å². The molecule has 1 atom stereocenters. The van der Waals surface area contributed by atoms with E-state index >= 15 is 0 Å². The molecule has 2 amide bonds. The Balaban J connectivity index is 1.96. The molecular formula is C25H33ClN2O2S. The lowest BCUT2D eigenvalue weighted by atomic mass is 10.1. The molecule has 0 radical (unpaired) electrons. The fraction of sp³-hybridized carbons (Fsp3) is 0.440. The van der Waals surface area contributed by atoms with Crippen LogP contribution in [-0.4, -0.2) is 41.6 Å². The molecule has 0 fully saturated rings. The number of carbonyl (C=O) groups excluding carboxylic acids is 2. The molecular weight excluding hydrogens is 428 g/mol. The van der Waals surface area contributed by atoms with Gasteiger partial charge in [0.15, 0.2) is 0 Å². The van der Waals surface area contributed by atoms with Gasteiger partial charge in [-0.1, -0.05) is 55.8 Å². The summed E-state index contributed by atoms with van der Waals surface area (Å²) in [7, 11) is 0. The van der Waals surface area contributed by atoms with Gasteiger partial charge in [-0.2, -0.15) is 0 Å². The minimum absolute atomic E-state index is 0.0473. The number of hydrogen-bond donors (Lipinski definition) is 1. The Kier molecular flexibility index (Phi) is 11.5. The lowest BCUT2D eigenvalue weighted by molar-refractivity contribution is -0.140. The van der Waals surface area contributed by atoms with Crippen molar-refractivity contribution in [2.45, 2.75) is 56.9 Å². The molecule has 6 heteroatoms. The van der Waals surface area contributed by atoms with Gasteiger partial charge in [-0.05, 0) is 61.3 Å². The largest absolute Gasteiger partial charge is 0.354 e. The van der Waals surface area contributed by atoms with E-state index in [1.54, 1.807) is 16.7 Å². The first-order valence-electron chi connectivity index (χ1n) is 11.0. The molecule has 0 aliphatic rings. The standard InChI is InChI=1S/C25H33ClN2O2S/c1-3-17-27-25(30)23(4-2)28(18-16-20-9-6-5-7-10-20)24(29)11-8-19-31-22-14-12-21(26)13-15-22/h5-7,9-10,12-15,23H,3-4,8,11,16-19H2,1-2H3,(H,27,30). The van der Waals surface area contributed by atoms with E-state index < -0.39 is 6.04 Å². The monoisotopic (exact) mass is 460 g/mol. The van der Waals surface area contributed by atoms with Crippen molar-refractivity contribution in [1.82, 2.24) is 10.2 Å². The Morgan fingerprint density at radius 1 is 1.06 bits per heavy atom. The number of benzene rings is 2. The maximum absolute atomic E-state index is 13.1. The number of hydrogen-bond acceptors (Lipinski definition) is 3. The molecule has 0 aromatic heterocycles. The highest BCUT2D eigenvalue weighted by atomic mass is 35.5. The topological polar surface area (TPSA) is 49.4 Å². The molecule has 2 rings (SSSR count). The fourth-order valence-electron chi connectivity index (χ4n) is 3.35. The first-order valence-corrected chi connectivity index (χ1v) is 12.4. The lowest BCUT2D eigenvalue weighted by Gasteiger charge is -2.30. The maximum atomic E-state index is 13.1. The van der Waals surface area contributed by atoms with Gasteiger partial charge in [0.1, 0.15) is 6.04 Å². The molecule has 31 heavy (non-hydrogen) atoms. The van der Waals surface area contributed by atoms with E-state index in [-0.39, 0.29) is 11.8 Å². The maximum Gasteiger partial charge on any atom is 0.242 e. The van der Waals surface area contributed by atoms with Crippen molar-refractivity contribution < 1.29 is 9.59 Å². The van der Waals surface area contributed by atoms with Crippen LogP contribution in [0.2, 0.25) is 5.02 Å². The van der Waals surface area contributed by atoms with Gasteiger partial charge in [0, 0.05) is 29.4 Å². The van der Waals surface area contributed by atoms with Gasteiger partial charge in [-0.25, -0.2) is 0 Å². The van der Waals surface area contributed by atoms with Crippen molar-refractivity contribution in [2.75, 3.05) is 18.8 Å². The predicted octanol–water partition coefficient (Wildman–Crippen LogP) is 5.59. The van der Waals surface area contributed by atoms with Gasteiger partial charge in [-0.15, -0.1) is 11.8 Å². The molecule has 1 N–H and O–H groups in total. The summed E-state index contributed by atoms with van der Waals surface area (Å²) in [5, 5.41) is 3.69. The Labute approximate surface area is 195 Å². The summed E-state index contributed by atoms with van der Waals surface area (Å²) < 4.78 is 0. The molecule has 0 bridgehead atoms. The Hall–Kier alpha value is -1.98. The molecule has 168 valence electrons. The van der Waals surface area contributed by atoms with Crippen LogP contribution < -0.4 is 5.32 Å². The van der Waals surface area contributed by atoms with E-state index in [0.717, 1.165) is 34.9 Å². The number of rotatable bonds is 13. The van der Waals surface area contributed by atoms with Crippen LogP contribution in [0.4, 0.5) is 0 Å². The summed E-state index contributed by atoms with van der Waals surface area (Å²) in [6.45, 7) is 5.17. The molecule has 2 aromatic rings. The van der Waals surface area contributed by atoms with E-state index in [1.165, 1.54) is 5.56 Å². The number of nitrogens with one attached hydrogen (secondary N) is 1. The van der Waals surface area contributed by atoms with Gasteiger partial charge in [0.05, 0.1) is 0 Å². The molecule has 0 aliphatic carbocycles. The third-order valence-electron chi connectivity index (χ3n) is 5.04. The number of thioether (sulfide) groups is 1. The second-order valence-electron chi connectivity index (χ2n) is 7.44. The fourth-order valence-corrected chi connectivity index (χ4v) is 4.33. The average molecular weight is 461 g/mol. The van der Waals surface area contributed by atoms with Crippen LogP contribution in [0.15, 0.2) is 59.5 Å². The van der Waals surface area contributed by atoms with Gasteiger partial charge < -0.3 is 10.2 Å². The molecule has 0 spiro atoms. The van der Waals surface area contributed by atoms with Crippen molar-refractivity contribution >= 4 is 35.2 Å². The van der Waals surface area contributed by atoms with Crippen LogP contribution in [0.5, 0.6) is 0 Å². The molecule has 0 aliphatic heterocycles. The van der Waals surface area contributed by atoms with Crippen molar-refractivity contribution in [1.29, 1.82) is 0 Å². The highest BCUT2D eigenvalue weighted by molar-refractivity contribution is 7.99. The molecule has 1 unspecified atom stereocenters. The lowest BCUT2D eigenvalue weighted by Crippen LogP contribution is -2.50. The SMILES string of the molecule is CCCNC(=O)C(CC)N(CCc1ccccc1)C(=O)CCCSc1ccc(Cl)cc1. The van der Waals surface area contributed by atoms with Crippen molar-refractivity contribution in [3.8, 4) is 0 Å². The minimum Gasteiger partial charge on any atom is -0.354 e. The van der Waals surface area contributed by atoms with Crippen LogP contribution in [-0.2, 0) is 16.0 Å². The Morgan fingerprint density at radius 3 is 2.42 bits per heavy atom. The third-order valence-corrected chi connectivity index (χ3v) is 6.39. The summed E-state index contributed by atoms with van der Waals surface area (Å²) in [6.07, 6.45) is 3.43. The summed E-state index contributed by atoms with van der Waals surface area (Å²) >= 11 is 7.65. The molecule has 0 saturated carbocycles. The normalized spacial score (nSPS) is 11.7. The Morgan fingerprint density at radius 2 is 1.77 bits per heavy atom. The van der Waals surface area contributed by atoms with E-state index in [9.17, 15) is 9.59 Å². The van der Waals surface area contributed by atoms with Crippen LogP contribution in [0.3, 0.4) is 0 Å². The second kappa shape index (κ2) is 14.2. The zero-order valence-electron chi connectivity index (χ0n) is 18.5. The summed E-state index contributed by atoms with van der Waals surface area (Å²) in [5.74, 6) is 0.839. The smallest absolute Gasteiger partial charge is 0.242 e. The predicted molar refractivity (Wildman–Crippen MR) is 131 cm³/mol. The number of halogens is 1. The molecule has 2 aromatic carbocycles. The van der Waals surface area contributed by atoms with Crippen molar-refractivity contribution in [3.05, 3.63) is 65.2 Å². The highest BCUT2D eigenvalue weighted by Gasteiger charge is 2.27. The number of carbonyl (C=O) groups is 2. The van der Waals surface area contributed by atoms with Gasteiger partial charge >= 0.3 is 0 Å². The summed E-state index contributed by atoms with van der Waals surface area (Å²) in [4.78, 5) is 28.8. The van der Waals surface area contributed by atoms with Crippen LogP contribution >= 0.6 is 23.4 Å².